The fourth-order valence-electron chi connectivity index (χ4n) is 1.48. The molecule has 0 aliphatic rings. The number of carbonyl (C=O) groups excluding carboxylic acids is 1. The van der Waals surface area contributed by atoms with E-state index in [1.165, 1.54) is 4.88 Å². The maximum atomic E-state index is 11.1. The molecular weight excluding hydrogens is 232 g/mol. The minimum atomic E-state index is 0.0899. The number of Topliss-reactive ketones (excluding diaryl/α,β-unsaturated/α-hetero) is 1. The summed E-state index contributed by atoms with van der Waals surface area (Å²) in [6.07, 6.45) is 1.88. The highest BCUT2D eigenvalue weighted by Crippen LogP contribution is 2.15. The number of benzene rings is 1. The zero-order chi connectivity index (χ0) is 12.3. The number of aromatic nitrogens is 1. The van der Waals surface area contributed by atoms with Crippen LogP contribution >= 0.6 is 11.3 Å². The zero-order valence-electron chi connectivity index (χ0n) is 9.86. The van der Waals surface area contributed by atoms with Gasteiger partial charge in [0.1, 0.15) is 5.01 Å². The van der Waals surface area contributed by atoms with Crippen LogP contribution in [0.15, 0.2) is 30.5 Å². The number of thiazole rings is 1. The average Bonchev–Trinajstić information content (AvgIpc) is 2.73. The van der Waals surface area contributed by atoms with Crippen LogP contribution in [0.5, 0.6) is 0 Å². The highest BCUT2D eigenvalue weighted by molar-refractivity contribution is 7.11. The van der Waals surface area contributed by atoms with Crippen molar-refractivity contribution in [1.29, 1.82) is 0 Å². The molecule has 1 heterocycles. The maximum Gasteiger partial charge on any atom is 0.159 e. The second kappa shape index (κ2) is 5.10. The smallest absolute Gasteiger partial charge is 0.159 e. The van der Waals surface area contributed by atoms with Crippen LogP contribution in [0, 0.1) is 6.92 Å². The van der Waals surface area contributed by atoms with E-state index in [4.69, 9.17) is 0 Å². The van der Waals surface area contributed by atoms with Gasteiger partial charge in [-0.05, 0) is 38.1 Å². The van der Waals surface area contributed by atoms with E-state index in [0.717, 1.165) is 22.8 Å². The molecule has 0 radical (unpaired) electrons. The zero-order valence-corrected chi connectivity index (χ0v) is 10.7. The number of hydrogen-bond donors (Lipinski definition) is 1. The second-order valence-electron chi connectivity index (χ2n) is 3.85. The highest BCUT2D eigenvalue weighted by Gasteiger charge is 2.00. The number of rotatable bonds is 4. The van der Waals surface area contributed by atoms with E-state index in [1.54, 1.807) is 18.3 Å². The molecule has 0 bridgehead atoms. The number of nitrogens with one attached hydrogen (secondary N) is 1. The van der Waals surface area contributed by atoms with E-state index in [2.05, 4.69) is 10.3 Å². The van der Waals surface area contributed by atoms with Crippen LogP contribution in [0.3, 0.4) is 0 Å². The molecule has 2 aromatic rings. The molecule has 0 saturated heterocycles. The summed E-state index contributed by atoms with van der Waals surface area (Å²) in [4.78, 5) is 16.6. The summed E-state index contributed by atoms with van der Waals surface area (Å²) in [5.74, 6) is 0.0899. The number of carbonyl (C=O) groups is 1. The Bertz CT molecular complexity index is 516. The first-order valence-electron chi connectivity index (χ1n) is 5.41. The van der Waals surface area contributed by atoms with Gasteiger partial charge in [0.2, 0.25) is 0 Å². The summed E-state index contributed by atoms with van der Waals surface area (Å²) in [5.41, 5.74) is 1.74. The molecule has 0 unspecified atom stereocenters. The predicted molar refractivity (Wildman–Crippen MR) is 70.6 cm³/mol. The Morgan fingerprint density at radius 2 is 2.06 bits per heavy atom. The van der Waals surface area contributed by atoms with Crippen LogP contribution in [-0.4, -0.2) is 10.8 Å². The molecule has 88 valence electrons. The van der Waals surface area contributed by atoms with Crippen molar-refractivity contribution < 1.29 is 4.79 Å². The van der Waals surface area contributed by atoms with Gasteiger partial charge in [-0.3, -0.25) is 4.79 Å². The van der Waals surface area contributed by atoms with Crippen molar-refractivity contribution in [2.75, 3.05) is 5.32 Å². The molecule has 0 aliphatic heterocycles. The third kappa shape index (κ3) is 3.14. The van der Waals surface area contributed by atoms with Gasteiger partial charge in [0, 0.05) is 22.3 Å². The van der Waals surface area contributed by atoms with E-state index in [9.17, 15) is 4.79 Å². The molecule has 4 heteroatoms. The Morgan fingerprint density at radius 1 is 1.35 bits per heavy atom. The first kappa shape index (κ1) is 11.8. The summed E-state index contributed by atoms with van der Waals surface area (Å²) in [6, 6.07) is 7.49. The first-order chi connectivity index (χ1) is 8.15. The van der Waals surface area contributed by atoms with Crippen LogP contribution in [-0.2, 0) is 6.54 Å². The van der Waals surface area contributed by atoms with Crippen molar-refractivity contribution in [3.8, 4) is 0 Å². The normalized spacial score (nSPS) is 10.2. The van der Waals surface area contributed by atoms with E-state index in [0.29, 0.717) is 0 Å². The summed E-state index contributed by atoms with van der Waals surface area (Å²) >= 11 is 1.69. The highest BCUT2D eigenvalue weighted by atomic mass is 32.1. The lowest BCUT2D eigenvalue weighted by Crippen LogP contribution is -1.99. The van der Waals surface area contributed by atoms with Gasteiger partial charge in [-0.2, -0.15) is 0 Å². The third-order valence-corrected chi connectivity index (χ3v) is 3.32. The molecule has 1 aromatic carbocycles. The molecule has 3 nitrogen and oxygen atoms in total. The first-order valence-corrected chi connectivity index (χ1v) is 6.23. The Hall–Kier alpha value is -1.68. The van der Waals surface area contributed by atoms with Gasteiger partial charge in [0.05, 0.1) is 6.54 Å². The van der Waals surface area contributed by atoms with Crippen molar-refractivity contribution >= 4 is 22.8 Å². The van der Waals surface area contributed by atoms with Crippen LogP contribution in [0.4, 0.5) is 5.69 Å². The largest absolute Gasteiger partial charge is 0.379 e. The van der Waals surface area contributed by atoms with Gasteiger partial charge < -0.3 is 5.32 Å². The van der Waals surface area contributed by atoms with Gasteiger partial charge in [-0.15, -0.1) is 11.3 Å². The van der Waals surface area contributed by atoms with E-state index >= 15 is 0 Å². The molecule has 1 aromatic heterocycles. The van der Waals surface area contributed by atoms with E-state index in [1.807, 2.05) is 37.4 Å². The second-order valence-corrected chi connectivity index (χ2v) is 5.17. The number of aryl methyl sites for hydroxylation is 1. The SMILES string of the molecule is CC(=O)c1ccc(NCc2ncc(C)s2)cc1. The number of nitrogens with zero attached hydrogens (tertiary/aromatic N) is 1. The average molecular weight is 246 g/mol. The quantitative estimate of drug-likeness (QED) is 0.842. The van der Waals surface area contributed by atoms with Crippen molar-refractivity contribution in [1.82, 2.24) is 4.98 Å². The van der Waals surface area contributed by atoms with Crippen LogP contribution < -0.4 is 5.32 Å². The number of anilines is 1. The monoisotopic (exact) mass is 246 g/mol. The van der Waals surface area contributed by atoms with Crippen molar-refractivity contribution in [2.24, 2.45) is 0 Å². The minimum absolute atomic E-state index is 0.0899. The van der Waals surface area contributed by atoms with Crippen molar-refractivity contribution in [3.63, 3.8) is 0 Å². The molecule has 0 atom stereocenters. The molecule has 17 heavy (non-hydrogen) atoms. The van der Waals surface area contributed by atoms with E-state index < -0.39 is 0 Å². The fourth-order valence-corrected chi connectivity index (χ4v) is 2.21. The van der Waals surface area contributed by atoms with Gasteiger partial charge in [-0.1, -0.05) is 0 Å². The lowest BCUT2D eigenvalue weighted by molar-refractivity contribution is 0.101. The third-order valence-electron chi connectivity index (χ3n) is 2.40. The molecule has 0 aliphatic carbocycles. The van der Waals surface area contributed by atoms with Gasteiger partial charge >= 0.3 is 0 Å². The fraction of sp³-hybridized carbons (Fsp3) is 0.231. The molecule has 0 amide bonds. The minimum Gasteiger partial charge on any atom is -0.379 e. The van der Waals surface area contributed by atoms with Gasteiger partial charge in [0.15, 0.2) is 5.78 Å². The topological polar surface area (TPSA) is 42.0 Å². The lowest BCUT2D eigenvalue weighted by Gasteiger charge is -2.04. The number of hydrogen-bond acceptors (Lipinski definition) is 4. The maximum absolute atomic E-state index is 11.1. The Morgan fingerprint density at radius 3 is 2.59 bits per heavy atom. The van der Waals surface area contributed by atoms with Gasteiger partial charge in [0.25, 0.3) is 0 Å². The summed E-state index contributed by atoms with van der Waals surface area (Å²) in [7, 11) is 0. The van der Waals surface area contributed by atoms with Crippen LogP contribution in [0.25, 0.3) is 0 Å². The molecular formula is C13H14N2OS. The van der Waals surface area contributed by atoms with Crippen molar-refractivity contribution in [2.45, 2.75) is 20.4 Å². The predicted octanol–water partition coefficient (Wildman–Crippen LogP) is 3.27. The van der Waals surface area contributed by atoms with Gasteiger partial charge in [-0.25, -0.2) is 4.98 Å². The molecule has 1 N–H and O–H groups in total. The molecule has 0 fully saturated rings. The lowest BCUT2D eigenvalue weighted by atomic mass is 10.1. The molecule has 0 saturated carbocycles. The Balaban J connectivity index is 1.97. The number of ketones is 1. The molecule has 0 spiro atoms. The summed E-state index contributed by atoms with van der Waals surface area (Å²) in [6.45, 7) is 4.33. The Kier molecular flexibility index (Phi) is 3.54. The standard InChI is InChI=1S/C13H14N2OS/c1-9-7-15-13(17-9)8-14-12-5-3-11(4-6-12)10(2)16/h3-7,14H,8H2,1-2H3. The van der Waals surface area contributed by atoms with Crippen LogP contribution in [0.2, 0.25) is 0 Å². The van der Waals surface area contributed by atoms with E-state index in [-0.39, 0.29) is 5.78 Å². The Labute approximate surface area is 105 Å². The van der Waals surface area contributed by atoms with Crippen LogP contribution in [0.1, 0.15) is 27.2 Å². The molecule has 2 rings (SSSR count). The summed E-state index contributed by atoms with van der Waals surface area (Å²) < 4.78 is 0. The summed E-state index contributed by atoms with van der Waals surface area (Å²) in [5, 5.41) is 4.34. The van der Waals surface area contributed by atoms with Crippen molar-refractivity contribution in [3.05, 3.63) is 45.9 Å².